The second-order valence-corrected chi connectivity index (χ2v) is 5.55. The van der Waals surface area contributed by atoms with E-state index in [9.17, 15) is 14.7 Å². The van der Waals surface area contributed by atoms with E-state index in [1.54, 1.807) is 17.0 Å². The van der Waals surface area contributed by atoms with E-state index in [4.69, 9.17) is 0 Å². The Hall–Kier alpha value is -2.36. The molecule has 0 bridgehead atoms. The van der Waals surface area contributed by atoms with Gasteiger partial charge in [-0.15, -0.1) is 0 Å². The van der Waals surface area contributed by atoms with Gasteiger partial charge in [0, 0.05) is 30.8 Å². The average molecular weight is 283 g/mol. The highest BCUT2D eigenvalue weighted by molar-refractivity contribution is 6.04. The van der Waals surface area contributed by atoms with Crippen LogP contribution in [0.4, 0.5) is 0 Å². The number of piperidine rings is 1. The van der Waals surface area contributed by atoms with E-state index in [2.05, 4.69) is 0 Å². The van der Waals surface area contributed by atoms with Crippen LogP contribution in [0.15, 0.2) is 36.4 Å². The van der Waals surface area contributed by atoms with Gasteiger partial charge in [0.15, 0.2) is 0 Å². The number of ketones is 1. The number of nitrogens with zero attached hydrogens (tertiary/aromatic N) is 1. The fraction of sp³-hybridized carbons (Fsp3) is 0.294. The topological polar surface area (TPSA) is 57.6 Å². The first-order valence-electron chi connectivity index (χ1n) is 7.10. The monoisotopic (exact) mass is 283 g/mol. The number of hydrogen-bond donors (Lipinski definition) is 1. The molecule has 0 spiro atoms. The molecule has 2 aromatic carbocycles. The summed E-state index contributed by atoms with van der Waals surface area (Å²) < 4.78 is 0. The van der Waals surface area contributed by atoms with E-state index in [0.29, 0.717) is 30.5 Å². The van der Waals surface area contributed by atoms with Crippen LogP contribution in [-0.2, 0) is 4.79 Å². The third-order valence-corrected chi connectivity index (χ3v) is 4.09. The number of rotatable bonds is 1. The van der Waals surface area contributed by atoms with Crippen molar-refractivity contribution in [1.82, 2.24) is 4.90 Å². The molecule has 1 amide bonds. The summed E-state index contributed by atoms with van der Waals surface area (Å²) in [6, 6.07) is 10.9. The highest BCUT2D eigenvalue weighted by Crippen LogP contribution is 2.30. The van der Waals surface area contributed by atoms with E-state index >= 15 is 0 Å². The van der Waals surface area contributed by atoms with Crippen LogP contribution in [0.1, 0.15) is 23.7 Å². The summed E-state index contributed by atoms with van der Waals surface area (Å²) >= 11 is 0. The Morgan fingerprint density at radius 2 is 2.00 bits per heavy atom. The minimum atomic E-state index is -0.211. The summed E-state index contributed by atoms with van der Waals surface area (Å²) in [6.45, 7) is 2.68. The Morgan fingerprint density at radius 3 is 2.76 bits per heavy atom. The lowest BCUT2D eigenvalue weighted by Crippen LogP contribution is -2.43. The number of phenolic OH excluding ortho intramolecular Hbond substituents is 1. The maximum absolute atomic E-state index is 12.6. The van der Waals surface area contributed by atoms with Crippen molar-refractivity contribution in [3.63, 3.8) is 0 Å². The van der Waals surface area contributed by atoms with Crippen LogP contribution in [0.3, 0.4) is 0 Å². The van der Waals surface area contributed by atoms with Gasteiger partial charge in [0.25, 0.3) is 5.91 Å². The molecule has 1 aliphatic rings. The molecular formula is C17H17NO3. The van der Waals surface area contributed by atoms with E-state index in [1.807, 2.05) is 31.2 Å². The molecule has 3 rings (SSSR count). The van der Waals surface area contributed by atoms with Crippen molar-refractivity contribution >= 4 is 22.5 Å². The van der Waals surface area contributed by atoms with Crippen molar-refractivity contribution in [2.75, 3.05) is 13.1 Å². The van der Waals surface area contributed by atoms with Gasteiger partial charge in [-0.1, -0.05) is 37.3 Å². The predicted molar refractivity (Wildman–Crippen MR) is 80.3 cm³/mol. The molecular weight excluding hydrogens is 266 g/mol. The number of amides is 1. The first kappa shape index (κ1) is 13.6. The van der Waals surface area contributed by atoms with E-state index < -0.39 is 0 Å². The number of carbonyl (C=O) groups is 2. The Balaban J connectivity index is 1.95. The first-order chi connectivity index (χ1) is 10.1. The number of Topliss-reactive ketones (excluding diaryl/α,β-unsaturated/α-hetero) is 1. The minimum absolute atomic E-state index is 0.0163. The van der Waals surface area contributed by atoms with Gasteiger partial charge >= 0.3 is 0 Å². The molecule has 1 heterocycles. The number of likely N-dealkylation sites (tertiary alicyclic amines) is 1. The van der Waals surface area contributed by atoms with Crippen LogP contribution in [0.2, 0.25) is 0 Å². The Bertz CT molecular complexity index is 723. The fourth-order valence-corrected chi connectivity index (χ4v) is 2.80. The minimum Gasteiger partial charge on any atom is -0.506 e. The largest absolute Gasteiger partial charge is 0.506 e. The van der Waals surface area contributed by atoms with Gasteiger partial charge in [0.05, 0.1) is 5.56 Å². The van der Waals surface area contributed by atoms with Crippen LogP contribution in [0.5, 0.6) is 5.75 Å². The fourth-order valence-electron chi connectivity index (χ4n) is 2.80. The highest BCUT2D eigenvalue weighted by atomic mass is 16.3. The summed E-state index contributed by atoms with van der Waals surface area (Å²) in [6.07, 6.45) is 0.390. The lowest BCUT2D eigenvalue weighted by molar-refractivity contribution is -0.124. The molecule has 4 nitrogen and oxygen atoms in total. The lowest BCUT2D eigenvalue weighted by Gasteiger charge is -2.30. The maximum Gasteiger partial charge on any atom is 0.257 e. The molecule has 1 unspecified atom stereocenters. The molecule has 0 aromatic heterocycles. The zero-order valence-electron chi connectivity index (χ0n) is 11.9. The number of carbonyl (C=O) groups excluding carboxylic acids is 2. The van der Waals surface area contributed by atoms with Crippen molar-refractivity contribution in [1.29, 1.82) is 0 Å². The van der Waals surface area contributed by atoms with Gasteiger partial charge in [0.2, 0.25) is 0 Å². The molecule has 0 radical (unpaired) electrons. The summed E-state index contributed by atoms with van der Waals surface area (Å²) in [4.78, 5) is 25.8. The number of aromatic hydroxyl groups is 1. The second kappa shape index (κ2) is 5.20. The SMILES string of the molecule is CC1CN(C(=O)c2ccc3ccccc3c2O)CCC1=O. The van der Waals surface area contributed by atoms with Crippen molar-refractivity contribution < 1.29 is 14.7 Å². The predicted octanol–water partition coefficient (Wildman–Crippen LogP) is 2.60. The van der Waals surface area contributed by atoms with Crippen LogP contribution < -0.4 is 0 Å². The summed E-state index contributed by atoms with van der Waals surface area (Å²) in [7, 11) is 0. The average Bonchev–Trinajstić information content (AvgIpc) is 2.50. The summed E-state index contributed by atoms with van der Waals surface area (Å²) in [5.41, 5.74) is 0.301. The molecule has 21 heavy (non-hydrogen) atoms. The van der Waals surface area contributed by atoms with Crippen molar-refractivity contribution in [3.8, 4) is 5.75 Å². The molecule has 1 fully saturated rings. The summed E-state index contributed by atoms with van der Waals surface area (Å²) in [5, 5.41) is 11.9. The molecule has 2 aromatic rings. The smallest absolute Gasteiger partial charge is 0.257 e. The summed E-state index contributed by atoms with van der Waals surface area (Å²) in [5.74, 6) is -0.132. The van der Waals surface area contributed by atoms with Crippen LogP contribution >= 0.6 is 0 Å². The van der Waals surface area contributed by atoms with Gasteiger partial charge in [0.1, 0.15) is 11.5 Å². The Morgan fingerprint density at radius 1 is 1.24 bits per heavy atom. The third-order valence-electron chi connectivity index (χ3n) is 4.09. The van der Waals surface area contributed by atoms with Crippen LogP contribution in [0.25, 0.3) is 10.8 Å². The van der Waals surface area contributed by atoms with Crippen LogP contribution in [-0.4, -0.2) is 34.8 Å². The zero-order chi connectivity index (χ0) is 15.0. The Kier molecular flexibility index (Phi) is 3.37. The maximum atomic E-state index is 12.6. The molecule has 108 valence electrons. The zero-order valence-corrected chi connectivity index (χ0v) is 11.9. The number of benzene rings is 2. The normalized spacial score (nSPS) is 19.0. The molecule has 1 saturated heterocycles. The van der Waals surface area contributed by atoms with E-state index in [-0.39, 0.29) is 23.4 Å². The number of hydrogen-bond acceptors (Lipinski definition) is 3. The molecule has 1 atom stereocenters. The molecule has 1 aliphatic heterocycles. The van der Waals surface area contributed by atoms with Gasteiger partial charge in [-0.25, -0.2) is 0 Å². The van der Waals surface area contributed by atoms with E-state index in [1.165, 1.54) is 0 Å². The molecule has 0 saturated carbocycles. The quantitative estimate of drug-likeness (QED) is 0.875. The standard InChI is InChI=1S/C17H17NO3/c1-11-10-18(9-8-15(11)19)17(21)14-7-6-12-4-2-3-5-13(12)16(14)20/h2-7,11,20H,8-10H2,1H3. The molecule has 1 N–H and O–H groups in total. The van der Waals surface area contributed by atoms with E-state index in [0.717, 1.165) is 5.39 Å². The van der Waals surface area contributed by atoms with Crippen molar-refractivity contribution in [3.05, 3.63) is 42.0 Å². The molecule has 4 heteroatoms. The van der Waals surface area contributed by atoms with Crippen molar-refractivity contribution in [2.45, 2.75) is 13.3 Å². The number of phenols is 1. The lowest BCUT2D eigenvalue weighted by atomic mass is 9.97. The van der Waals surface area contributed by atoms with Crippen molar-refractivity contribution in [2.24, 2.45) is 5.92 Å². The number of fused-ring (bicyclic) bond motifs is 1. The van der Waals surface area contributed by atoms with Gasteiger partial charge in [-0.3, -0.25) is 9.59 Å². The van der Waals surface area contributed by atoms with Gasteiger partial charge < -0.3 is 10.0 Å². The Labute approximate surface area is 123 Å². The third kappa shape index (κ3) is 2.37. The van der Waals surface area contributed by atoms with Gasteiger partial charge in [-0.2, -0.15) is 0 Å². The first-order valence-corrected chi connectivity index (χ1v) is 7.10. The highest BCUT2D eigenvalue weighted by Gasteiger charge is 2.28. The molecule has 0 aliphatic carbocycles. The van der Waals surface area contributed by atoms with Gasteiger partial charge in [-0.05, 0) is 11.5 Å². The second-order valence-electron chi connectivity index (χ2n) is 5.55. The van der Waals surface area contributed by atoms with Crippen LogP contribution in [0, 0.1) is 5.92 Å².